The zero-order valence-corrected chi connectivity index (χ0v) is 13.8. The maximum absolute atomic E-state index is 12.1. The highest BCUT2D eigenvalue weighted by Crippen LogP contribution is 2.24. The average Bonchev–Trinajstić information content (AvgIpc) is 2.35. The van der Waals surface area contributed by atoms with E-state index < -0.39 is 0 Å². The molecular formula is C16H24ClNO3. The number of nitrogens with one attached hydrogen (secondary N) is 1. The number of aliphatic hydroxyl groups excluding tert-OH is 1. The second-order valence-corrected chi connectivity index (χ2v) is 6.56. The molecule has 1 aromatic carbocycles. The van der Waals surface area contributed by atoms with Crippen LogP contribution in [0.2, 0.25) is 5.02 Å². The second-order valence-electron chi connectivity index (χ2n) is 6.13. The van der Waals surface area contributed by atoms with Crippen LogP contribution in [0.1, 0.15) is 32.8 Å². The van der Waals surface area contributed by atoms with Crippen LogP contribution in [0.25, 0.3) is 0 Å². The SMILES string of the molecule is COc1ccc(Cl)cc1CC(=O)NCC(C)(C)CC(C)O. The van der Waals surface area contributed by atoms with Gasteiger partial charge in [0.15, 0.2) is 0 Å². The maximum atomic E-state index is 12.1. The molecule has 0 saturated heterocycles. The number of carbonyl (C=O) groups excluding carboxylic acids is 1. The molecule has 1 atom stereocenters. The molecule has 0 aliphatic heterocycles. The molecule has 0 aromatic heterocycles. The fraction of sp³-hybridized carbons (Fsp3) is 0.562. The second kappa shape index (κ2) is 7.66. The predicted molar refractivity (Wildman–Crippen MR) is 84.8 cm³/mol. The smallest absolute Gasteiger partial charge is 0.224 e. The van der Waals surface area contributed by atoms with Gasteiger partial charge in [0, 0.05) is 17.1 Å². The zero-order valence-electron chi connectivity index (χ0n) is 13.1. The molecule has 1 aromatic rings. The summed E-state index contributed by atoms with van der Waals surface area (Å²) in [5.41, 5.74) is 0.609. The molecule has 5 heteroatoms. The standard InChI is InChI=1S/C16H24ClNO3/c1-11(19)9-16(2,3)10-18-15(20)8-12-7-13(17)5-6-14(12)21-4/h5-7,11,19H,8-10H2,1-4H3,(H,18,20). The van der Waals surface area contributed by atoms with Gasteiger partial charge in [-0.3, -0.25) is 4.79 Å². The summed E-state index contributed by atoms with van der Waals surface area (Å²) in [5, 5.41) is 12.9. The van der Waals surface area contributed by atoms with Gasteiger partial charge in [-0.25, -0.2) is 0 Å². The maximum Gasteiger partial charge on any atom is 0.224 e. The number of halogens is 1. The van der Waals surface area contributed by atoms with Crippen LogP contribution in [-0.4, -0.2) is 30.8 Å². The van der Waals surface area contributed by atoms with Crippen LogP contribution < -0.4 is 10.1 Å². The highest BCUT2D eigenvalue weighted by Gasteiger charge is 2.21. The van der Waals surface area contributed by atoms with Crippen molar-refractivity contribution in [2.75, 3.05) is 13.7 Å². The molecule has 0 fully saturated rings. The van der Waals surface area contributed by atoms with E-state index in [0.717, 1.165) is 5.56 Å². The number of ether oxygens (including phenoxy) is 1. The molecule has 2 N–H and O–H groups in total. The van der Waals surface area contributed by atoms with E-state index in [0.29, 0.717) is 23.7 Å². The summed E-state index contributed by atoms with van der Waals surface area (Å²) in [5.74, 6) is 0.562. The van der Waals surface area contributed by atoms with Crippen molar-refractivity contribution >= 4 is 17.5 Å². The summed E-state index contributed by atoms with van der Waals surface area (Å²) >= 11 is 5.95. The third-order valence-corrected chi connectivity index (χ3v) is 3.44. The van der Waals surface area contributed by atoms with Crippen LogP contribution in [0.15, 0.2) is 18.2 Å². The minimum atomic E-state index is -0.384. The quantitative estimate of drug-likeness (QED) is 0.814. The molecule has 0 spiro atoms. The first-order chi connectivity index (χ1) is 9.73. The molecule has 1 unspecified atom stereocenters. The van der Waals surface area contributed by atoms with Crippen LogP contribution in [0, 0.1) is 5.41 Å². The van der Waals surface area contributed by atoms with Crippen molar-refractivity contribution in [1.29, 1.82) is 0 Å². The summed E-state index contributed by atoms with van der Waals surface area (Å²) in [4.78, 5) is 12.1. The Labute approximate surface area is 131 Å². The van der Waals surface area contributed by atoms with Gasteiger partial charge in [-0.1, -0.05) is 25.4 Å². The highest BCUT2D eigenvalue weighted by atomic mass is 35.5. The van der Waals surface area contributed by atoms with Crippen molar-refractivity contribution in [3.8, 4) is 5.75 Å². The van der Waals surface area contributed by atoms with E-state index in [1.54, 1.807) is 32.2 Å². The van der Waals surface area contributed by atoms with E-state index in [1.807, 2.05) is 13.8 Å². The van der Waals surface area contributed by atoms with Crippen LogP contribution in [0.4, 0.5) is 0 Å². The lowest BCUT2D eigenvalue weighted by Crippen LogP contribution is -2.36. The molecule has 0 aliphatic carbocycles. The van der Waals surface area contributed by atoms with Crippen molar-refractivity contribution in [2.45, 2.75) is 39.7 Å². The number of hydrogen-bond acceptors (Lipinski definition) is 3. The Hall–Kier alpha value is -1.26. The molecule has 118 valence electrons. The van der Waals surface area contributed by atoms with Crippen molar-refractivity contribution in [3.05, 3.63) is 28.8 Å². The monoisotopic (exact) mass is 313 g/mol. The van der Waals surface area contributed by atoms with Crippen molar-refractivity contribution in [2.24, 2.45) is 5.41 Å². The minimum Gasteiger partial charge on any atom is -0.496 e. The Morgan fingerprint density at radius 2 is 2.14 bits per heavy atom. The summed E-state index contributed by atoms with van der Waals surface area (Å²) in [6, 6.07) is 5.22. The molecule has 1 rings (SSSR count). The number of carbonyl (C=O) groups is 1. The van der Waals surface area contributed by atoms with Crippen LogP contribution in [0.5, 0.6) is 5.75 Å². The summed E-state index contributed by atoms with van der Waals surface area (Å²) in [6.07, 6.45) is 0.465. The van der Waals surface area contributed by atoms with Gasteiger partial charge in [0.05, 0.1) is 19.6 Å². The Morgan fingerprint density at radius 1 is 1.48 bits per heavy atom. The summed E-state index contributed by atoms with van der Waals surface area (Å²) in [7, 11) is 1.57. The van der Waals surface area contributed by atoms with Gasteiger partial charge < -0.3 is 15.2 Å². The first-order valence-corrected chi connectivity index (χ1v) is 7.38. The summed E-state index contributed by atoms with van der Waals surface area (Å²) < 4.78 is 5.23. The van der Waals surface area contributed by atoms with Gasteiger partial charge in [0.25, 0.3) is 0 Å². The fourth-order valence-electron chi connectivity index (χ4n) is 2.33. The average molecular weight is 314 g/mol. The Kier molecular flexibility index (Phi) is 6.49. The Bertz CT molecular complexity index is 486. The van der Waals surface area contributed by atoms with E-state index >= 15 is 0 Å². The van der Waals surface area contributed by atoms with Gasteiger partial charge in [-0.2, -0.15) is 0 Å². The van der Waals surface area contributed by atoms with Gasteiger partial charge in [-0.05, 0) is 37.0 Å². The normalized spacial score (nSPS) is 12.9. The molecule has 4 nitrogen and oxygen atoms in total. The molecule has 1 amide bonds. The first-order valence-electron chi connectivity index (χ1n) is 7.01. The molecule has 0 radical (unpaired) electrons. The van der Waals surface area contributed by atoms with Crippen molar-refractivity contribution in [3.63, 3.8) is 0 Å². The van der Waals surface area contributed by atoms with Gasteiger partial charge in [0.1, 0.15) is 5.75 Å². The third kappa shape index (κ3) is 6.36. The number of methoxy groups -OCH3 is 1. The number of rotatable bonds is 7. The molecule has 21 heavy (non-hydrogen) atoms. The van der Waals surface area contributed by atoms with Crippen molar-refractivity contribution in [1.82, 2.24) is 5.32 Å². The Balaban J connectivity index is 2.60. The molecule has 0 bridgehead atoms. The summed E-state index contributed by atoms with van der Waals surface area (Å²) in [6.45, 7) is 6.29. The van der Waals surface area contributed by atoms with E-state index in [4.69, 9.17) is 16.3 Å². The first kappa shape index (κ1) is 17.8. The lowest BCUT2D eigenvalue weighted by Gasteiger charge is -2.26. The minimum absolute atomic E-state index is 0.0887. The zero-order chi connectivity index (χ0) is 16.0. The van der Waals surface area contributed by atoms with E-state index in [2.05, 4.69) is 5.32 Å². The van der Waals surface area contributed by atoms with Crippen LogP contribution in [0.3, 0.4) is 0 Å². The van der Waals surface area contributed by atoms with E-state index in [1.165, 1.54) is 0 Å². The lowest BCUT2D eigenvalue weighted by atomic mass is 9.87. The molecule has 0 aliphatic rings. The topological polar surface area (TPSA) is 58.6 Å². The van der Waals surface area contributed by atoms with Gasteiger partial charge >= 0.3 is 0 Å². The Morgan fingerprint density at radius 3 is 2.71 bits per heavy atom. The van der Waals surface area contributed by atoms with Gasteiger partial charge in [-0.15, -0.1) is 0 Å². The highest BCUT2D eigenvalue weighted by molar-refractivity contribution is 6.30. The third-order valence-electron chi connectivity index (χ3n) is 3.21. The predicted octanol–water partition coefficient (Wildman–Crippen LogP) is 2.80. The fourth-order valence-corrected chi connectivity index (χ4v) is 2.53. The number of hydrogen-bond donors (Lipinski definition) is 2. The molecule has 0 saturated carbocycles. The van der Waals surface area contributed by atoms with E-state index in [-0.39, 0.29) is 23.8 Å². The van der Waals surface area contributed by atoms with Crippen LogP contribution in [-0.2, 0) is 11.2 Å². The van der Waals surface area contributed by atoms with Crippen LogP contribution >= 0.6 is 11.6 Å². The van der Waals surface area contributed by atoms with Gasteiger partial charge in [0.2, 0.25) is 5.91 Å². The largest absolute Gasteiger partial charge is 0.496 e. The lowest BCUT2D eigenvalue weighted by molar-refractivity contribution is -0.121. The van der Waals surface area contributed by atoms with E-state index in [9.17, 15) is 9.90 Å². The number of aliphatic hydroxyl groups is 1. The number of amides is 1. The molecule has 0 heterocycles. The van der Waals surface area contributed by atoms with Crippen molar-refractivity contribution < 1.29 is 14.6 Å². The molecular weight excluding hydrogens is 290 g/mol. The number of benzene rings is 1.